The van der Waals surface area contributed by atoms with Crippen LogP contribution in [0, 0.1) is 17.3 Å². The Kier molecular flexibility index (Phi) is 3.31. The summed E-state index contributed by atoms with van der Waals surface area (Å²) in [5.74, 6) is 0.749. The molecule has 1 saturated carbocycles. The molecule has 3 aliphatic rings. The zero-order valence-electron chi connectivity index (χ0n) is 14.8. The lowest BCUT2D eigenvalue weighted by Crippen LogP contribution is -2.44. The first-order valence-corrected chi connectivity index (χ1v) is 9.82. The molecule has 0 radical (unpaired) electrons. The topological polar surface area (TPSA) is 24.7 Å². The van der Waals surface area contributed by atoms with Crippen molar-refractivity contribution < 1.29 is 0 Å². The van der Waals surface area contributed by atoms with E-state index in [2.05, 4.69) is 50.3 Å². The molecule has 0 aromatic heterocycles. The van der Waals surface area contributed by atoms with Crippen LogP contribution in [0.2, 0.25) is 10.0 Å². The van der Waals surface area contributed by atoms with Gasteiger partial charge in [0.2, 0.25) is 0 Å². The Morgan fingerprint density at radius 3 is 1.88 bits per heavy atom. The molecule has 2 bridgehead atoms. The standard InChI is InChI=1S/C22H20Cl2N2/c1-20(2)21(14-6-10-16(23)11-7-14)18-4-3-5-19(18)22(20,26-25-21)15-8-12-17(24)13-9-15/h3-4,6-13,18-19H,5H2,1-2H3/t18-,19+,21-,22+/m1/s1. The quantitative estimate of drug-likeness (QED) is 0.511. The molecule has 0 spiro atoms. The van der Waals surface area contributed by atoms with Gasteiger partial charge in [0, 0.05) is 27.3 Å². The van der Waals surface area contributed by atoms with E-state index in [-0.39, 0.29) is 16.5 Å². The van der Waals surface area contributed by atoms with Gasteiger partial charge in [-0.05, 0) is 41.8 Å². The number of fused-ring (bicyclic) bond motifs is 5. The van der Waals surface area contributed by atoms with Gasteiger partial charge in [0.15, 0.2) is 0 Å². The highest BCUT2D eigenvalue weighted by molar-refractivity contribution is 6.30. The van der Waals surface area contributed by atoms with Crippen molar-refractivity contribution in [2.75, 3.05) is 0 Å². The Hall–Kier alpha value is -1.64. The Labute approximate surface area is 163 Å². The number of benzene rings is 2. The van der Waals surface area contributed by atoms with Crippen LogP contribution in [0.1, 0.15) is 31.4 Å². The Morgan fingerprint density at radius 1 is 0.808 bits per heavy atom. The molecule has 0 amide bonds. The van der Waals surface area contributed by atoms with Gasteiger partial charge in [0.25, 0.3) is 0 Å². The third kappa shape index (κ3) is 1.70. The number of rotatable bonds is 2. The second kappa shape index (κ2) is 5.21. The maximum atomic E-state index is 6.16. The highest BCUT2D eigenvalue weighted by atomic mass is 35.5. The molecule has 1 aliphatic heterocycles. The van der Waals surface area contributed by atoms with Crippen molar-refractivity contribution >= 4 is 23.2 Å². The van der Waals surface area contributed by atoms with Crippen LogP contribution in [-0.2, 0) is 11.1 Å². The molecule has 5 rings (SSSR count). The van der Waals surface area contributed by atoms with E-state index < -0.39 is 0 Å². The Morgan fingerprint density at radius 2 is 1.31 bits per heavy atom. The molecule has 4 atom stereocenters. The predicted molar refractivity (Wildman–Crippen MR) is 106 cm³/mol. The van der Waals surface area contributed by atoms with Gasteiger partial charge in [-0.3, -0.25) is 0 Å². The molecule has 2 aromatic carbocycles. The van der Waals surface area contributed by atoms with Crippen molar-refractivity contribution in [1.29, 1.82) is 0 Å². The van der Waals surface area contributed by atoms with Crippen molar-refractivity contribution in [3.05, 3.63) is 81.9 Å². The molecule has 132 valence electrons. The van der Waals surface area contributed by atoms with E-state index >= 15 is 0 Å². The minimum absolute atomic E-state index is 0.165. The second-order valence-electron chi connectivity index (χ2n) is 8.17. The average molecular weight is 383 g/mol. The van der Waals surface area contributed by atoms with Gasteiger partial charge in [0.1, 0.15) is 11.1 Å². The summed E-state index contributed by atoms with van der Waals surface area (Å²) in [6, 6.07) is 16.4. The number of hydrogen-bond donors (Lipinski definition) is 0. The van der Waals surface area contributed by atoms with E-state index in [1.807, 2.05) is 24.3 Å². The third-order valence-corrected chi connectivity index (χ3v) is 7.53. The summed E-state index contributed by atoms with van der Waals surface area (Å²) < 4.78 is 0. The fraction of sp³-hybridized carbons (Fsp3) is 0.364. The van der Waals surface area contributed by atoms with E-state index in [4.69, 9.17) is 33.4 Å². The van der Waals surface area contributed by atoms with Crippen LogP contribution < -0.4 is 0 Å². The minimum atomic E-state index is -0.366. The van der Waals surface area contributed by atoms with Crippen molar-refractivity contribution in [3.63, 3.8) is 0 Å². The number of allylic oxidation sites excluding steroid dienone is 1. The van der Waals surface area contributed by atoms with E-state index in [1.165, 1.54) is 11.1 Å². The minimum Gasteiger partial charge on any atom is -0.181 e. The monoisotopic (exact) mass is 382 g/mol. The summed E-state index contributed by atoms with van der Waals surface area (Å²) in [7, 11) is 0. The summed E-state index contributed by atoms with van der Waals surface area (Å²) in [6.45, 7) is 4.64. The predicted octanol–water partition coefficient (Wildman–Crippen LogP) is 6.78. The fourth-order valence-electron chi connectivity index (χ4n) is 5.88. The number of hydrogen-bond acceptors (Lipinski definition) is 2. The maximum absolute atomic E-state index is 6.16. The first-order chi connectivity index (χ1) is 12.4. The summed E-state index contributed by atoms with van der Waals surface area (Å²) in [5, 5.41) is 11.5. The molecule has 2 aliphatic carbocycles. The molecule has 1 fully saturated rings. The molecule has 26 heavy (non-hydrogen) atoms. The zero-order chi connectivity index (χ0) is 18.2. The van der Waals surface area contributed by atoms with Crippen LogP contribution in [0.25, 0.3) is 0 Å². The fourth-order valence-corrected chi connectivity index (χ4v) is 6.14. The van der Waals surface area contributed by atoms with Crippen LogP contribution >= 0.6 is 23.2 Å². The molecule has 2 aromatic rings. The highest BCUT2D eigenvalue weighted by Crippen LogP contribution is 2.76. The molecule has 0 N–H and O–H groups in total. The Balaban J connectivity index is 1.77. The summed E-state index contributed by atoms with van der Waals surface area (Å²) in [6.07, 6.45) is 5.69. The average Bonchev–Trinajstić information content (AvgIpc) is 3.24. The smallest absolute Gasteiger partial charge is 0.121 e. The first kappa shape index (κ1) is 16.5. The van der Waals surface area contributed by atoms with Gasteiger partial charge in [-0.1, -0.05) is 73.5 Å². The van der Waals surface area contributed by atoms with Crippen molar-refractivity contribution in [1.82, 2.24) is 0 Å². The van der Waals surface area contributed by atoms with Crippen molar-refractivity contribution in [2.45, 2.75) is 31.3 Å². The van der Waals surface area contributed by atoms with Crippen LogP contribution in [0.5, 0.6) is 0 Å². The lowest BCUT2D eigenvalue weighted by Gasteiger charge is -2.41. The van der Waals surface area contributed by atoms with Gasteiger partial charge in [-0.15, -0.1) is 0 Å². The highest BCUT2D eigenvalue weighted by Gasteiger charge is 2.77. The summed E-state index contributed by atoms with van der Waals surface area (Å²) in [5.41, 5.74) is 1.54. The largest absolute Gasteiger partial charge is 0.181 e. The first-order valence-electron chi connectivity index (χ1n) is 9.06. The van der Waals surface area contributed by atoms with E-state index in [9.17, 15) is 0 Å². The van der Waals surface area contributed by atoms with Gasteiger partial charge in [-0.25, -0.2) is 0 Å². The van der Waals surface area contributed by atoms with Crippen LogP contribution in [-0.4, -0.2) is 0 Å². The Bertz CT molecular complexity index is 930. The van der Waals surface area contributed by atoms with E-state index in [0.717, 1.165) is 16.5 Å². The van der Waals surface area contributed by atoms with Crippen molar-refractivity contribution in [3.8, 4) is 0 Å². The van der Waals surface area contributed by atoms with E-state index in [1.54, 1.807) is 0 Å². The molecular weight excluding hydrogens is 363 g/mol. The zero-order valence-corrected chi connectivity index (χ0v) is 16.3. The molecule has 0 unspecified atom stereocenters. The van der Waals surface area contributed by atoms with Gasteiger partial charge in [-0.2, -0.15) is 10.2 Å². The summed E-state index contributed by atoms with van der Waals surface area (Å²) in [4.78, 5) is 0. The van der Waals surface area contributed by atoms with Crippen LogP contribution in [0.15, 0.2) is 70.9 Å². The van der Waals surface area contributed by atoms with Gasteiger partial charge in [0.05, 0.1) is 0 Å². The lowest BCUT2D eigenvalue weighted by molar-refractivity contribution is 0.150. The molecule has 2 nitrogen and oxygen atoms in total. The van der Waals surface area contributed by atoms with E-state index in [0.29, 0.717) is 11.8 Å². The van der Waals surface area contributed by atoms with Crippen molar-refractivity contribution in [2.24, 2.45) is 27.5 Å². The SMILES string of the molecule is CC1(C)[C@]2(c3ccc(Cl)cc3)N=N[C@@]1(c1ccc(Cl)cc1)[C@H]1CC=C[C@H]12. The summed E-state index contributed by atoms with van der Waals surface area (Å²) >= 11 is 12.3. The van der Waals surface area contributed by atoms with Gasteiger partial charge < -0.3 is 0 Å². The molecule has 4 heteroatoms. The number of nitrogens with zero attached hydrogens (tertiary/aromatic N) is 2. The molecule has 1 heterocycles. The van der Waals surface area contributed by atoms with Crippen LogP contribution in [0.4, 0.5) is 0 Å². The second-order valence-corrected chi connectivity index (χ2v) is 9.04. The number of halogens is 2. The molecular formula is C22H20Cl2N2. The van der Waals surface area contributed by atoms with Crippen LogP contribution in [0.3, 0.4) is 0 Å². The third-order valence-electron chi connectivity index (χ3n) is 7.03. The number of azo groups is 1. The molecule has 0 saturated heterocycles. The van der Waals surface area contributed by atoms with Gasteiger partial charge >= 0.3 is 0 Å². The normalized spacial score (nSPS) is 35.8. The lowest BCUT2D eigenvalue weighted by atomic mass is 9.61. The maximum Gasteiger partial charge on any atom is 0.121 e.